The van der Waals surface area contributed by atoms with Crippen molar-refractivity contribution in [3.63, 3.8) is 0 Å². The zero-order valence-electron chi connectivity index (χ0n) is 18.4. The molecule has 1 aliphatic heterocycles. The van der Waals surface area contributed by atoms with E-state index in [0.717, 1.165) is 23.8 Å². The molecule has 1 N–H and O–H groups in total. The van der Waals surface area contributed by atoms with Crippen LogP contribution in [-0.2, 0) is 30.4 Å². The molecule has 0 saturated carbocycles. The Morgan fingerprint density at radius 3 is 2.49 bits per heavy atom. The van der Waals surface area contributed by atoms with Crippen LogP contribution in [0, 0.1) is 5.82 Å². The van der Waals surface area contributed by atoms with Gasteiger partial charge in [-0.3, -0.25) is 9.59 Å². The number of carboxylic acid groups (broad SMARTS) is 1. The van der Waals surface area contributed by atoms with Gasteiger partial charge in [-0.15, -0.1) is 0 Å². The number of hydrogen-bond donors (Lipinski definition) is 1. The van der Waals surface area contributed by atoms with Gasteiger partial charge in [-0.1, -0.05) is 36.4 Å². The number of alkyl halides is 3. The van der Waals surface area contributed by atoms with Crippen molar-refractivity contribution < 1.29 is 37.0 Å². The Kier molecular flexibility index (Phi) is 6.77. The van der Waals surface area contributed by atoms with Crippen molar-refractivity contribution in [1.82, 2.24) is 0 Å². The number of para-hydroxylation sites is 1. The fourth-order valence-electron chi connectivity index (χ4n) is 4.14. The largest absolute Gasteiger partial charge is 0.489 e. The van der Waals surface area contributed by atoms with E-state index in [-0.39, 0.29) is 37.3 Å². The van der Waals surface area contributed by atoms with Crippen LogP contribution in [0.15, 0.2) is 60.7 Å². The number of rotatable bonds is 7. The highest BCUT2D eigenvalue weighted by Gasteiger charge is 2.37. The average molecular weight is 487 g/mol. The first-order chi connectivity index (χ1) is 16.6. The van der Waals surface area contributed by atoms with Gasteiger partial charge >= 0.3 is 12.1 Å². The summed E-state index contributed by atoms with van der Waals surface area (Å²) in [5.74, 6) is -2.17. The number of halogens is 4. The number of carboxylic acids is 1. The SMILES string of the molecule is O=C(O)CCc1ccc(OCc2cccc3c2N(C(=O)c2ccccc2C(F)(F)F)CC3)cc1F. The molecule has 0 atom stereocenters. The first-order valence-electron chi connectivity index (χ1n) is 10.9. The second-order valence-electron chi connectivity index (χ2n) is 8.11. The van der Waals surface area contributed by atoms with Gasteiger partial charge in [-0.25, -0.2) is 4.39 Å². The molecular formula is C26H21F4NO4. The number of nitrogens with zero attached hydrogens (tertiary/aromatic N) is 1. The molecule has 182 valence electrons. The van der Waals surface area contributed by atoms with Crippen molar-refractivity contribution >= 4 is 17.6 Å². The first kappa shape index (κ1) is 24.3. The first-order valence-corrected chi connectivity index (χ1v) is 10.9. The van der Waals surface area contributed by atoms with E-state index in [4.69, 9.17) is 9.84 Å². The molecule has 0 radical (unpaired) electrons. The highest BCUT2D eigenvalue weighted by molar-refractivity contribution is 6.08. The van der Waals surface area contributed by atoms with E-state index < -0.39 is 35.0 Å². The van der Waals surface area contributed by atoms with Gasteiger partial charge in [0.25, 0.3) is 5.91 Å². The Labute approximate surface area is 198 Å². The molecule has 35 heavy (non-hydrogen) atoms. The normalized spacial score (nSPS) is 13.0. The van der Waals surface area contributed by atoms with Gasteiger partial charge in [0.05, 0.1) is 16.8 Å². The molecule has 3 aromatic rings. The monoisotopic (exact) mass is 487 g/mol. The molecule has 0 aliphatic carbocycles. The number of aryl methyl sites for hydroxylation is 1. The lowest BCUT2D eigenvalue weighted by Gasteiger charge is -2.22. The average Bonchev–Trinajstić information content (AvgIpc) is 3.26. The number of ether oxygens (including phenoxy) is 1. The number of amides is 1. The Morgan fingerprint density at radius 1 is 1.00 bits per heavy atom. The third-order valence-electron chi connectivity index (χ3n) is 5.81. The summed E-state index contributed by atoms with van der Waals surface area (Å²) in [5, 5.41) is 8.76. The Morgan fingerprint density at radius 2 is 1.77 bits per heavy atom. The Hall–Kier alpha value is -3.88. The third-order valence-corrected chi connectivity index (χ3v) is 5.81. The molecule has 0 unspecified atom stereocenters. The van der Waals surface area contributed by atoms with Crippen LogP contribution in [0.25, 0.3) is 0 Å². The maximum Gasteiger partial charge on any atom is 0.417 e. The van der Waals surface area contributed by atoms with Crippen LogP contribution >= 0.6 is 0 Å². The molecule has 4 rings (SSSR count). The van der Waals surface area contributed by atoms with Crippen molar-refractivity contribution in [2.45, 2.75) is 32.0 Å². The number of anilines is 1. The molecule has 0 saturated heterocycles. The van der Waals surface area contributed by atoms with Crippen molar-refractivity contribution in [2.24, 2.45) is 0 Å². The number of fused-ring (bicyclic) bond motifs is 1. The fourth-order valence-corrected chi connectivity index (χ4v) is 4.14. The second kappa shape index (κ2) is 9.77. The fraction of sp³-hybridized carbons (Fsp3) is 0.231. The van der Waals surface area contributed by atoms with Crippen LogP contribution < -0.4 is 9.64 Å². The lowest BCUT2D eigenvalue weighted by atomic mass is 10.0. The van der Waals surface area contributed by atoms with Crippen LogP contribution in [0.5, 0.6) is 5.75 Å². The van der Waals surface area contributed by atoms with E-state index in [1.165, 1.54) is 29.2 Å². The lowest BCUT2D eigenvalue weighted by molar-refractivity contribution is -0.138. The van der Waals surface area contributed by atoms with Crippen molar-refractivity contribution in [3.05, 3.63) is 94.3 Å². The topological polar surface area (TPSA) is 66.8 Å². The second-order valence-corrected chi connectivity index (χ2v) is 8.11. The molecular weight excluding hydrogens is 466 g/mol. The summed E-state index contributed by atoms with van der Waals surface area (Å²) in [4.78, 5) is 25.2. The van der Waals surface area contributed by atoms with Gasteiger partial charge in [0.2, 0.25) is 0 Å². The summed E-state index contributed by atoms with van der Waals surface area (Å²) in [6.07, 6.45) is -4.34. The number of aliphatic carboxylic acids is 1. The summed E-state index contributed by atoms with van der Waals surface area (Å²) >= 11 is 0. The molecule has 1 aliphatic rings. The Balaban J connectivity index is 1.56. The molecule has 1 amide bonds. The molecule has 9 heteroatoms. The summed E-state index contributed by atoms with van der Waals surface area (Å²) < 4.78 is 60.5. The molecule has 0 bridgehead atoms. The highest BCUT2D eigenvalue weighted by Crippen LogP contribution is 2.37. The van der Waals surface area contributed by atoms with Gasteiger partial charge in [0.15, 0.2) is 0 Å². The Bertz CT molecular complexity index is 1270. The van der Waals surface area contributed by atoms with Gasteiger partial charge < -0.3 is 14.7 Å². The highest BCUT2D eigenvalue weighted by atomic mass is 19.4. The molecule has 5 nitrogen and oxygen atoms in total. The van der Waals surface area contributed by atoms with Gasteiger partial charge in [0.1, 0.15) is 18.2 Å². The maximum atomic E-state index is 14.3. The number of carbonyl (C=O) groups excluding carboxylic acids is 1. The van der Waals surface area contributed by atoms with Crippen molar-refractivity contribution in [3.8, 4) is 5.75 Å². The number of benzene rings is 3. The number of hydrogen-bond acceptors (Lipinski definition) is 3. The molecule has 0 spiro atoms. The quantitative estimate of drug-likeness (QED) is 0.438. The van der Waals surface area contributed by atoms with Crippen LogP contribution in [0.2, 0.25) is 0 Å². The van der Waals surface area contributed by atoms with Crippen molar-refractivity contribution in [2.75, 3.05) is 11.4 Å². The van der Waals surface area contributed by atoms with Gasteiger partial charge in [-0.05, 0) is 42.2 Å². The molecule has 1 heterocycles. The minimum Gasteiger partial charge on any atom is -0.489 e. The zero-order valence-corrected chi connectivity index (χ0v) is 18.4. The van der Waals surface area contributed by atoms with Gasteiger partial charge in [-0.2, -0.15) is 13.2 Å². The van der Waals surface area contributed by atoms with E-state index in [1.54, 1.807) is 18.2 Å². The van der Waals surface area contributed by atoms with Crippen molar-refractivity contribution in [1.29, 1.82) is 0 Å². The number of carbonyl (C=O) groups is 2. The third kappa shape index (κ3) is 5.29. The van der Waals surface area contributed by atoms with E-state index >= 15 is 0 Å². The lowest BCUT2D eigenvalue weighted by Crippen LogP contribution is -2.31. The van der Waals surface area contributed by atoms with E-state index in [9.17, 15) is 27.2 Å². The predicted molar refractivity (Wildman–Crippen MR) is 120 cm³/mol. The molecule has 0 aromatic heterocycles. The smallest absolute Gasteiger partial charge is 0.417 e. The molecule has 0 fully saturated rings. The van der Waals surface area contributed by atoms with E-state index in [2.05, 4.69) is 0 Å². The minimum absolute atomic E-state index is 0.0399. The summed E-state index contributed by atoms with van der Waals surface area (Å²) in [5.41, 5.74) is 0.703. The predicted octanol–water partition coefficient (Wildman–Crippen LogP) is 5.64. The standard InChI is InChI=1S/C26H21F4NO4/c27-22-14-19(10-8-16(22)9-11-23(32)33)35-15-18-5-3-4-17-12-13-31(24(17)18)25(34)20-6-1-2-7-21(20)26(28,29)30/h1-8,10,14H,9,11-13,15H2,(H,32,33). The maximum absolute atomic E-state index is 14.3. The van der Waals surface area contributed by atoms with E-state index in [1.807, 2.05) is 0 Å². The van der Waals surface area contributed by atoms with Crippen LogP contribution in [0.3, 0.4) is 0 Å². The molecule has 3 aromatic carbocycles. The summed E-state index contributed by atoms with van der Waals surface area (Å²) in [6.45, 7) is 0.187. The van der Waals surface area contributed by atoms with Crippen LogP contribution in [-0.4, -0.2) is 23.5 Å². The summed E-state index contributed by atoms with van der Waals surface area (Å²) in [6, 6.07) is 14.1. The van der Waals surface area contributed by atoms with Crippen LogP contribution in [0.4, 0.5) is 23.2 Å². The zero-order chi connectivity index (χ0) is 25.2. The summed E-state index contributed by atoms with van der Waals surface area (Å²) in [7, 11) is 0. The minimum atomic E-state index is -4.67. The van der Waals surface area contributed by atoms with Gasteiger partial charge in [0, 0.05) is 24.6 Å². The van der Waals surface area contributed by atoms with E-state index in [0.29, 0.717) is 17.7 Å². The van der Waals surface area contributed by atoms with Crippen LogP contribution in [0.1, 0.15) is 39.0 Å².